The van der Waals surface area contributed by atoms with Crippen LogP contribution in [0.2, 0.25) is 0 Å². The molecule has 2 atom stereocenters. The van der Waals surface area contributed by atoms with E-state index in [-0.39, 0.29) is 24.2 Å². The summed E-state index contributed by atoms with van der Waals surface area (Å²) >= 11 is 0. The zero-order valence-corrected chi connectivity index (χ0v) is 22.0. The van der Waals surface area contributed by atoms with Gasteiger partial charge in [-0.3, -0.25) is 4.79 Å². The molecular formula is C29H33N3O6. The number of aryl methyl sites for hydroxylation is 2. The van der Waals surface area contributed by atoms with Crippen molar-refractivity contribution >= 4 is 12.1 Å². The number of rotatable bonds is 8. The Morgan fingerprint density at radius 2 is 1.87 bits per heavy atom. The van der Waals surface area contributed by atoms with Crippen LogP contribution in [-0.2, 0) is 21.7 Å². The number of carboxylic acid groups (broad SMARTS) is 1. The summed E-state index contributed by atoms with van der Waals surface area (Å²) in [5.41, 5.74) is 3.30. The van der Waals surface area contributed by atoms with Gasteiger partial charge in [-0.15, -0.1) is 0 Å². The Bertz CT molecular complexity index is 1320. The van der Waals surface area contributed by atoms with Gasteiger partial charge in [-0.2, -0.15) is 0 Å². The zero-order chi connectivity index (χ0) is 26.9. The molecule has 0 bridgehead atoms. The van der Waals surface area contributed by atoms with E-state index in [2.05, 4.69) is 10.1 Å². The van der Waals surface area contributed by atoms with Crippen LogP contribution in [0.1, 0.15) is 61.0 Å². The molecule has 2 saturated carbocycles. The van der Waals surface area contributed by atoms with E-state index in [1.807, 2.05) is 43.3 Å². The molecule has 2 aliphatic rings. The van der Waals surface area contributed by atoms with Crippen LogP contribution in [0.4, 0.5) is 4.79 Å². The van der Waals surface area contributed by atoms with Crippen LogP contribution < -0.4 is 4.74 Å². The number of benzene rings is 1. The highest BCUT2D eigenvalue weighted by atomic mass is 16.6. The molecule has 0 saturated heterocycles. The summed E-state index contributed by atoms with van der Waals surface area (Å²) < 4.78 is 17.4. The van der Waals surface area contributed by atoms with Gasteiger partial charge < -0.3 is 24.0 Å². The van der Waals surface area contributed by atoms with Gasteiger partial charge in [-0.05, 0) is 70.1 Å². The van der Waals surface area contributed by atoms with Crippen molar-refractivity contribution in [2.45, 2.75) is 70.6 Å². The summed E-state index contributed by atoms with van der Waals surface area (Å²) in [6.07, 6.45) is 4.07. The number of pyridine rings is 1. The van der Waals surface area contributed by atoms with Crippen molar-refractivity contribution < 1.29 is 28.7 Å². The van der Waals surface area contributed by atoms with Gasteiger partial charge in [0.25, 0.3) is 0 Å². The predicted octanol–water partition coefficient (Wildman–Crippen LogP) is 5.63. The molecule has 1 N–H and O–H groups in total. The Balaban J connectivity index is 1.26. The maximum Gasteiger partial charge on any atom is 0.410 e. The Morgan fingerprint density at radius 3 is 2.55 bits per heavy atom. The van der Waals surface area contributed by atoms with Crippen LogP contribution >= 0.6 is 0 Å². The first kappa shape index (κ1) is 25.8. The Morgan fingerprint density at radius 1 is 1.11 bits per heavy atom. The standard InChI is InChI=1S/C29H33N3O6/c1-18-23(17-36-28(35)32(3)29(14-15-29)21-9-5-4-6-10-21)26(38-31-18)24-12-13-25(19(2)30-24)37-22-11-7-8-20(16-22)27(33)34/h4-6,9-10,12-13,20,22H,7-8,11,14-17H2,1-3H3,(H,33,34)/t20-,22-/m0/s1. The van der Waals surface area contributed by atoms with E-state index >= 15 is 0 Å². The van der Waals surface area contributed by atoms with Crippen LogP contribution in [0.5, 0.6) is 5.75 Å². The summed E-state index contributed by atoms with van der Waals surface area (Å²) in [5, 5.41) is 13.4. The van der Waals surface area contributed by atoms with Crippen molar-refractivity contribution in [1.82, 2.24) is 15.0 Å². The third kappa shape index (κ3) is 5.10. The number of carbonyl (C=O) groups excluding carboxylic acids is 1. The molecule has 2 fully saturated rings. The predicted molar refractivity (Wildman–Crippen MR) is 139 cm³/mol. The molecule has 0 aliphatic heterocycles. The van der Waals surface area contributed by atoms with Gasteiger partial charge in [0.15, 0.2) is 5.76 Å². The van der Waals surface area contributed by atoms with Crippen LogP contribution in [0.3, 0.4) is 0 Å². The number of amides is 1. The van der Waals surface area contributed by atoms with Gasteiger partial charge in [0.05, 0.1) is 34.5 Å². The second kappa shape index (κ2) is 10.5. The van der Waals surface area contributed by atoms with Crippen molar-refractivity contribution in [3.63, 3.8) is 0 Å². The van der Waals surface area contributed by atoms with E-state index < -0.39 is 12.1 Å². The third-order valence-electron chi connectivity index (χ3n) is 7.81. The number of nitrogens with zero attached hydrogens (tertiary/aromatic N) is 3. The number of carboxylic acids is 1. The third-order valence-corrected chi connectivity index (χ3v) is 7.81. The average molecular weight is 520 g/mol. The van der Waals surface area contributed by atoms with Crippen LogP contribution in [-0.4, -0.2) is 45.4 Å². The first-order valence-electron chi connectivity index (χ1n) is 13.1. The number of aliphatic carboxylic acids is 1. The molecule has 2 aliphatic carbocycles. The van der Waals surface area contributed by atoms with E-state index in [0.717, 1.165) is 31.2 Å². The molecule has 1 amide bonds. The molecule has 2 aromatic heterocycles. The number of ether oxygens (including phenoxy) is 2. The van der Waals surface area contributed by atoms with E-state index in [4.69, 9.17) is 14.0 Å². The highest BCUT2D eigenvalue weighted by molar-refractivity contribution is 5.70. The lowest BCUT2D eigenvalue weighted by atomic mass is 9.87. The Labute approximate surface area is 221 Å². The van der Waals surface area contributed by atoms with Gasteiger partial charge in [0, 0.05) is 7.05 Å². The monoisotopic (exact) mass is 519 g/mol. The van der Waals surface area contributed by atoms with E-state index in [0.29, 0.717) is 47.0 Å². The van der Waals surface area contributed by atoms with Crippen LogP contribution in [0.25, 0.3) is 11.5 Å². The SMILES string of the molecule is Cc1nc(-c2onc(C)c2COC(=O)N(C)C2(c3ccccc3)CC2)ccc1O[C@H]1CCC[C@H](C(=O)O)C1. The summed E-state index contributed by atoms with van der Waals surface area (Å²) in [5.74, 6) is -0.0760. The summed E-state index contributed by atoms with van der Waals surface area (Å²) in [4.78, 5) is 30.7. The van der Waals surface area contributed by atoms with Crippen molar-refractivity contribution in [3.8, 4) is 17.2 Å². The molecule has 38 heavy (non-hydrogen) atoms. The fourth-order valence-corrected chi connectivity index (χ4v) is 5.31. The maximum atomic E-state index is 13.0. The second-order valence-electron chi connectivity index (χ2n) is 10.3. The van der Waals surface area contributed by atoms with E-state index in [9.17, 15) is 14.7 Å². The molecule has 1 aromatic carbocycles. The summed E-state index contributed by atoms with van der Waals surface area (Å²) in [6, 6.07) is 13.6. The van der Waals surface area contributed by atoms with Crippen molar-refractivity contribution in [2.24, 2.45) is 5.92 Å². The lowest BCUT2D eigenvalue weighted by Gasteiger charge is -2.28. The molecule has 200 valence electrons. The normalized spacial score (nSPS) is 20.0. The number of aromatic nitrogens is 2. The molecule has 0 radical (unpaired) electrons. The maximum absolute atomic E-state index is 13.0. The molecule has 3 aromatic rings. The molecule has 9 heteroatoms. The van der Waals surface area contributed by atoms with E-state index in [1.54, 1.807) is 24.9 Å². The number of carbonyl (C=O) groups is 2. The highest BCUT2D eigenvalue weighted by Gasteiger charge is 2.50. The molecule has 0 unspecified atom stereocenters. The smallest absolute Gasteiger partial charge is 0.410 e. The van der Waals surface area contributed by atoms with Gasteiger partial charge in [0.1, 0.15) is 18.1 Å². The van der Waals surface area contributed by atoms with Crippen molar-refractivity contribution in [3.05, 3.63) is 65.0 Å². The molecular weight excluding hydrogens is 486 g/mol. The molecule has 9 nitrogen and oxygen atoms in total. The van der Waals surface area contributed by atoms with E-state index in [1.165, 1.54) is 0 Å². The highest BCUT2D eigenvalue weighted by Crippen LogP contribution is 2.50. The summed E-state index contributed by atoms with van der Waals surface area (Å²) in [7, 11) is 1.78. The van der Waals surface area contributed by atoms with Gasteiger partial charge in [0.2, 0.25) is 0 Å². The lowest BCUT2D eigenvalue weighted by Crippen LogP contribution is -2.37. The minimum absolute atomic E-state index is 0.0103. The van der Waals surface area contributed by atoms with Crippen molar-refractivity contribution in [1.29, 1.82) is 0 Å². The van der Waals surface area contributed by atoms with Crippen molar-refractivity contribution in [2.75, 3.05) is 7.05 Å². The summed E-state index contributed by atoms with van der Waals surface area (Å²) in [6.45, 7) is 3.65. The quantitative estimate of drug-likeness (QED) is 0.407. The molecule has 5 rings (SSSR count). The Hall–Kier alpha value is -3.88. The number of hydrogen-bond donors (Lipinski definition) is 1. The van der Waals surface area contributed by atoms with Gasteiger partial charge in [-0.25, -0.2) is 9.78 Å². The largest absolute Gasteiger partial charge is 0.489 e. The minimum Gasteiger partial charge on any atom is -0.489 e. The Kier molecular flexibility index (Phi) is 7.10. The fraction of sp³-hybridized carbons (Fsp3) is 0.448. The van der Waals surface area contributed by atoms with Gasteiger partial charge in [-0.1, -0.05) is 35.5 Å². The molecule has 0 spiro atoms. The first-order chi connectivity index (χ1) is 18.3. The number of hydrogen-bond acceptors (Lipinski definition) is 7. The fourth-order valence-electron chi connectivity index (χ4n) is 5.31. The zero-order valence-electron chi connectivity index (χ0n) is 22.0. The minimum atomic E-state index is -0.768. The topological polar surface area (TPSA) is 115 Å². The second-order valence-corrected chi connectivity index (χ2v) is 10.3. The van der Waals surface area contributed by atoms with Crippen LogP contribution in [0.15, 0.2) is 47.0 Å². The van der Waals surface area contributed by atoms with Gasteiger partial charge >= 0.3 is 12.1 Å². The molecule has 2 heterocycles. The average Bonchev–Trinajstić information content (AvgIpc) is 3.66. The van der Waals surface area contributed by atoms with Crippen LogP contribution in [0, 0.1) is 19.8 Å². The first-order valence-corrected chi connectivity index (χ1v) is 13.1. The lowest BCUT2D eigenvalue weighted by molar-refractivity contribution is -0.143.